The van der Waals surface area contributed by atoms with Crippen LogP contribution in [-0.4, -0.2) is 19.4 Å². The van der Waals surface area contributed by atoms with Gasteiger partial charge in [-0.25, -0.2) is 14.4 Å². The van der Waals surface area contributed by atoms with Crippen molar-refractivity contribution in [3.8, 4) is 5.75 Å². The van der Waals surface area contributed by atoms with Crippen LogP contribution < -0.4 is 0 Å². The number of hydrogen-bond acceptors (Lipinski definition) is 7. The number of benzene rings is 1. The minimum absolute atomic E-state index is 0.292. The van der Waals surface area contributed by atoms with Gasteiger partial charge in [-0.3, -0.25) is 0 Å². The summed E-state index contributed by atoms with van der Waals surface area (Å²) in [7, 11) is 0. The van der Waals surface area contributed by atoms with Crippen LogP contribution in [0.1, 0.15) is 0 Å². The van der Waals surface area contributed by atoms with Gasteiger partial charge in [0.1, 0.15) is 5.52 Å². The highest BCUT2D eigenvalue weighted by atomic mass is 32.1. The van der Waals surface area contributed by atoms with Gasteiger partial charge in [0.05, 0.1) is 5.69 Å². The van der Waals surface area contributed by atoms with Crippen molar-refractivity contribution in [1.29, 1.82) is 0 Å². The lowest BCUT2D eigenvalue weighted by Gasteiger charge is -1.95. The van der Waals surface area contributed by atoms with E-state index in [1.807, 2.05) is 0 Å². The smallest absolute Gasteiger partial charge is 0.193 e. The van der Waals surface area contributed by atoms with Gasteiger partial charge in [-0.2, -0.15) is 4.37 Å². The summed E-state index contributed by atoms with van der Waals surface area (Å²) in [4.78, 5) is 8.13. The fraction of sp³-hybridized carbons (Fsp3) is 0. The Balaban J connectivity index is 1.96. The Kier molecular flexibility index (Phi) is 2.84. The largest absolute Gasteiger partial charge is 0.505 e. The van der Waals surface area contributed by atoms with Crippen LogP contribution in [0.5, 0.6) is 5.75 Å². The zero-order valence-corrected chi connectivity index (χ0v) is 10.2. The number of phenolic OH excluding ortho intramolecular Hbond substituents is 1. The van der Waals surface area contributed by atoms with E-state index in [1.165, 1.54) is 18.3 Å². The molecule has 3 rings (SSSR count). The first-order valence-electron chi connectivity index (χ1n) is 5.21. The molecule has 6 nitrogen and oxygen atoms in total. The van der Waals surface area contributed by atoms with Gasteiger partial charge in [0, 0.05) is 18.5 Å². The number of rotatable bonds is 2. The number of halogens is 1. The number of azo groups is 1. The Labute approximate surface area is 110 Å². The van der Waals surface area contributed by atoms with Crippen LogP contribution >= 0.6 is 11.5 Å². The summed E-state index contributed by atoms with van der Waals surface area (Å²) in [5.74, 6) is -1.17. The minimum atomic E-state index is -0.745. The third-order valence-corrected chi connectivity index (χ3v) is 3.00. The molecule has 3 aromatic rings. The molecule has 1 aromatic carbocycles. The topological polar surface area (TPSA) is 83.6 Å². The molecule has 2 heterocycles. The van der Waals surface area contributed by atoms with Crippen LogP contribution in [0.15, 0.2) is 40.8 Å². The van der Waals surface area contributed by atoms with E-state index in [0.29, 0.717) is 21.9 Å². The van der Waals surface area contributed by atoms with Gasteiger partial charge in [-0.15, -0.1) is 10.2 Å². The van der Waals surface area contributed by atoms with Crippen molar-refractivity contribution in [2.24, 2.45) is 10.2 Å². The summed E-state index contributed by atoms with van der Waals surface area (Å²) in [6.07, 6.45) is 3.08. The summed E-state index contributed by atoms with van der Waals surface area (Å²) in [5, 5.41) is 17.4. The molecule has 0 spiro atoms. The highest BCUT2D eigenvalue weighted by molar-refractivity contribution is 7.11. The first-order valence-corrected chi connectivity index (χ1v) is 5.98. The van der Waals surface area contributed by atoms with E-state index in [2.05, 4.69) is 24.6 Å². The van der Waals surface area contributed by atoms with Crippen molar-refractivity contribution >= 4 is 33.4 Å². The quantitative estimate of drug-likeness (QED) is 0.727. The number of phenols is 1. The minimum Gasteiger partial charge on any atom is -0.505 e. The van der Waals surface area contributed by atoms with Gasteiger partial charge in [0.15, 0.2) is 22.2 Å². The maximum atomic E-state index is 13.1. The molecule has 0 saturated heterocycles. The molecule has 19 heavy (non-hydrogen) atoms. The lowest BCUT2D eigenvalue weighted by Crippen LogP contribution is -1.77. The fourth-order valence-corrected chi connectivity index (χ4v) is 2.02. The van der Waals surface area contributed by atoms with Crippen molar-refractivity contribution < 1.29 is 9.50 Å². The first kappa shape index (κ1) is 11.6. The highest BCUT2D eigenvalue weighted by Gasteiger charge is 2.07. The summed E-state index contributed by atoms with van der Waals surface area (Å²) in [6, 6.07) is 3.76. The molecule has 0 atom stereocenters. The molecule has 0 unspecified atom stereocenters. The van der Waals surface area contributed by atoms with E-state index in [0.717, 1.165) is 17.6 Å². The monoisotopic (exact) mass is 275 g/mol. The number of hydrogen-bond donors (Lipinski definition) is 1. The molecule has 0 aliphatic heterocycles. The predicted octanol–water partition coefficient (Wildman–Crippen LogP) is 3.35. The van der Waals surface area contributed by atoms with E-state index in [4.69, 9.17) is 5.11 Å². The van der Waals surface area contributed by atoms with Gasteiger partial charge in [-0.1, -0.05) is 0 Å². The molecule has 0 amide bonds. The maximum absolute atomic E-state index is 13.1. The van der Waals surface area contributed by atoms with Crippen molar-refractivity contribution in [2.75, 3.05) is 0 Å². The lowest BCUT2D eigenvalue weighted by molar-refractivity contribution is 0.432. The van der Waals surface area contributed by atoms with Crippen molar-refractivity contribution in [3.05, 3.63) is 36.4 Å². The first-order chi connectivity index (χ1) is 9.24. The third-order valence-electron chi connectivity index (χ3n) is 2.29. The fourth-order valence-electron chi connectivity index (χ4n) is 1.40. The summed E-state index contributed by atoms with van der Waals surface area (Å²) in [5.41, 5.74) is 1.34. The molecule has 0 aliphatic carbocycles. The molecular weight excluding hydrogens is 269 g/mol. The normalized spacial score (nSPS) is 11.4. The Morgan fingerprint density at radius 1 is 1.16 bits per heavy atom. The van der Waals surface area contributed by atoms with Crippen LogP contribution in [0.3, 0.4) is 0 Å². The lowest BCUT2D eigenvalue weighted by atomic mass is 10.3. The highest BCUT2D eigenvalue weighted by Crippen LogP contribution is 2.29. The maximum Gasteiger partial charge on any atom is 0.193 e. The van der Waals surface area contributed by atoms with E-state index >= 15 is 0 Å². The second kappa shape index (κ2) is 4.65. The van der Waals surface area contributed by atoms with Crippen LogP contribution in [-0.2, 0) is 0 Å². The van der Waals surface area contributed by atoms with Gasteiger partial charge >= 0.3 is 0 Å². The van der Waals surface area contributed by atoms with E-state index in [9.17, 15) is 4.39 Å². The molecule has 2 aromatic heterocycles. The standard InChI is InChI=1S/C11H6FN5OS/c12-7-5-6(1-2-8(7)18)15-16-11-9-10(17-19-11)14-4-3-13-9/h1-5,18H. The van der Waals surface area contributed by atoms with Gasteiger partial charge in [0.25, 0.3) is 0 Å². The Hall–Kier alpha value is -2.48. The molecule has 1 N–H and O–H groups in total. The van der Waals surface area contributed by atoms with E-state index in [-0.39, 0.29) is 0 Å². The van der Waals surface area contributed by atoms with Crippen molar-refractivity contribution in [3.63, 3.8) is 0 Å². The Bertz CT molecular complexity index is 773. The summed E-state index contributed by atoms with van der Waals surface area (Å²) in [6.45, 7) is 0. The molecule has 8 heteroatoms. The van der Waals surface area contributed by atoms with Crippen LogP contribution in [0.2, 0.25) is 0 Å². The van der Waals surface area contributed by atoms with Crippen molar-refractivity contribution in [1.82, 2.24) is 14.3 Å². The third kappa shape index (κ3) is 2.25. The SMILES string of the molecule is Oc1ccc(N=Nc2snc3nccnc23)cc1F. The molecule has 0 bridgehead atoms. The Morgan fingerprint density at radius 3 is 2.84 bits per heavy atom. The number of fused-ring (bicyclic) bond motifs is 1. The average molecular weight is 275 g/mol. The van der Waals surface area contributed by atoms with E-state index in [1.54, 1.807) is 6.20 Å². The average Bonchev–Trinajstić information content (AvgIpc) is 2.83. The molecular formula is C11H6FN5OS. The van der Waals surface area contributed by atoms with Crippen LogP contribution in [0.4, 0.5) is 15.1 Å². The molecule has 0 fully saturated rings. The molecule has 0 radical (unpaired) electrons. The van der Waals surface area contributed by atoms with Crippen LogP contribution in [0, 0.1) is 5.82 Å². The zero-order valence-electron chi connectivity index (χ0n) is 9.36. The number of nitrogens with zero attached hydrogens (tertiary/aromatic N) is 5. The molecule has 0 saturated carbocycles. The second-order valence-corrected chi connectivity index (χ2v) is 4.30. The van der Waals surface area contributed by atoms with Gasteiger partial charge in [0.2, 0.25) is 0 Å². The second-order valence-electron chi connectivity index (χ2n) is 3.55. The van der Waals surface area contributed by atoms with E-state index < -0.39 is 11.6 Å². The number of aromatic nitrogens is 3. The molecule has 94 valence electrons. The molecule has 0 aliphatic rings. The van der Waals surface area contributed by atoms with Crippen molar-refractivity contribution in [2.45, 2.75) is 0 Å². The van der Waals surface area contributed by atoms with Gasteiger partial charge in [-0.05, 0) is 23.7 Å². The van der Waals surface area contributed by atoms with Crippen LogP contribution in [0.25, 0.3) is 11.2 Å². The summed E-state index contributed by atoms with van der Waals surface area (Å²) < 4.78 is 17.2. The Morgan fingerprint density at radius 2 is 2.00 bits per heavy atom. The zero-order chi connectivity index (χ0) is 13.2. The summed E-state index contributed by atoms with van der Waals surface area (Å²) >= 11 is 1.11. The predicted molar refractivity (Wildman–Crippen MR) is 67.5 cm³/mol. The number of aromatic hydroxyl groups is 1. The van der Waals surface area contributed by atoms with Gasteiger partial charge < -0.3 is 5.11 Å².